The highest BCUT2D eigenvalue weighted by molar-refractivity contribution is 5.77. The Balaban J connectivity index is 2.80. The van der Waals surface area contributed by atoms with Crippen LogP contribution in [0.2, 0.25) is 0 Å². The van der Waals surface area contributed by atoms with Gasteiger partial charge in [0.05, 0.1) is 17.2 Å². The number of hydrogen-bond acceptors (Lipinski definition) is 5. The van der Waals surface area contributed by atoms with Crippen LogP contribution in [0, 0.1) is 5.41 Å². The third kappa shape index (κ3) is 3.65. The van der Waals surface area contributed by atoms with E-state index in [9.17, 15) is 0 Å². The van der Waals surface area contributed by atoms with E-state index in [-0.39, 0.29) is 5.84 Å². The summed E-state index contributed by atoms with van der Waals surface area (Å²) in [6.45, 7) is 4.73. The first-order valence-electron chi connectivity index (χ1n) is 5.85. The van der Waals surface area contributed by atoms with Crippen LogP contribution in [0.15, 0.2) is 0 Å². The Morgan fingerprint density at radius 2 is 1.88 bits per heavy atom. The van der Waals surface area contributed by atoms with Crippen LogP contribution >= 0.6 is 0 Å². The number of nitrogens with zero attached hydrogens (tertiary/aromatic N) is 4. The van der Waals surface area contributed by atoms with Gasteiger partial charge in [0.2, 0.25) is 5.95 Å². The van der Waals surface area contributed by atoms with E-state index in [0.717, 1.165) is 24.2 Å². The van der Waals surface area contributed by atoms with E-state index in [0.29, 0.717) is 18.9 Å². The fraction of sp³-hybridized carbons (Fsp3) is 0.636. The van der Waals surface area contributed by atoms with E-state index in [1.807, 2.05) is 18.9 Å². The molecule has 0 aliphatic rings. The molecule has 17 heavy (non-hydrogen) atoms. The van der Waals surface area contributed by atoms with E-state index >= 15 is 0 Å². The van der Waals surface area contributed by atoms with Crippen LogP contribution in [0.3, 0.4) is 0 Å². The van der Waals surface area contributed by atoms with Crippen LogP contribution in [0.1, 0.15) is 31.7 Å². The first-order chi connectivity index (χ1) is 8.08. The number of nitrogens with two attached hydrogens (primary N) is 1. The Hall–Kier alpha value is -1.72. The lowest BCUT2D eigenvalue weighted by Gasteiger charge is -2.17. The van der Waals surface area contributed by atoms with Crippen molar-refractivity contribution < 1.29 is 0 Å². The molecule has 1 heterocycles. The highest BCUT2D eigenvalue weighted by Gasteiger charge is 2.09. The number of aromatic nitrogens is 3. The van der Waals surface area contributed by atoms with Crippen LogP contribution in [-0.4, -0.2) is 34.6 Å². The topological polar surface area (TPSA) is 91.8 Å². The van der Waals surface area contributed by atoms with Gasteiger partial charge in [-0.15, -0.1) is 5.10 Å². The number of nitrogens with one attached hydrogen (secondary N) is 1. The summed E-state index contributed by atoms with van der Waals surface area (Å²) in [7, 11) is 1.88. The number of aryl methyl sites for hydroxylation is 2. The van der Waals surface area contributed by atoms with Crippen LogP contribution in [0.5, 0.6) is 0 Å². The molecule has 3 N–H and O–H groups in total. The Morgan fingerprint density at radius 1 is 1.24 bits per heavy atom. The minimum Gasteiger partial charge on any atom is -0.388 e. The molecule has 1 rings (SSSR count). The molecule has 6 nitrogen and oxygen atoms in total. The van der Waals surface area contributed by atoms with Gasteiger partial charge in [-0.2, -0.15) is 5.10 Å². The monoisotopic (exact) mass is 236 g/mol. The maximum atomic E-state index is 7.19. The third-order valence-corrected chi connectivity index (χ3v) is 2.56. The van der Waals surface area contributed by atoms with Gasteiger partial charge in [0.25, 0.3) is 0 Å². The molecule has 0 aliphatic heterocycles. The standard InChI is InChI=1S/C11H20N6/c1-4-8-9(5-2)15-16-11(14-8)17(3)7-6-10(12)13/h4-7H2,1-3H3,(H3,12,13). The molecule has 0 amide bonds. The predicted octanol–water partition coefficient (Wildman–Crippen LogP) is 0.759. The predicted molar refractivity (Wildman–Crippen MR) is 68.4 cm³/mol. The van der Waals surface area contributed by atoms with Crippen LogP contribution in [0.25, 0.3) is 0 Å². The van der Waals surface area contributed by atoms with E-state index in [1.165, 1.54) is 0 Å². The average Bonchev–Trinajstić information content (AvgIpc) is 2.34. The number of rotatable bonds is 6. The van der Waals surface area contributed by atoms with Crippen molar-refractivity contribution in [3.05, 3.63) is 11.4 Å². The quantitative estimate of drug-likeness (QED) is 0.562. The minimum absolute atomic E-state index is 0.172. The lowest BCUT2D eigenvalue weighted by atomic mass is 10.2. The minimum atomic E-state index is 0.172. The lowest BCUT2D eigenvalue weighted by Crippen LogP contribution is -2.26. The van der Waals surface area contributed by atoms with Crippen molar-refractivity contribution in [3.8, 4) is 0 Å². The number of amidine groups is 1. The van der Waals surface area contributed by atoms with Crippen molar-refractivity contribution in [2.75, 3.05) is 18.5 Å². The maximum Gasteiger partial charge on any atom is 0.245 e. The molecule has 0 atom stereocenters. The molecule has 0 aromatic carbocycles. The molecule has 94 valence electrons. The molecule has 0 unspecified atom stereocenters. The van der Waals surface area contributed by atoms with Gasteiger partial charge in [-0.05, 0) is 12.8 Å². The van der Waals surface area contributed by atoms with Crippen molar-refractivity contribution in [2.45, 2.75) is 33.1 Å². The second-order valence-corrected chi connectivity index (χ2v) is 3.91. The lowest BCUT2D eigenvalue weighted by molar-refractivity contribution is 0.774. The molecule has 1 aromatic rings. The van der Waals surface area contributed by atoms with E-state index in [2.05, 4.69) is 22.1 Å². The molecular weight excluding hydrogens is 216 g/mol. The van der Waals surface area contributed by atoms with Gasteiger partial charge in [0, 0.05) is 20.0 Å². The Bertz CT molecular complexity index is 390. The van der Waals surface area contributed by atoms with Crippen molar-refractivity contribution in [2.24, 2.45) is 5.73 Å². The molecule has 0 spiro atoms. The summed E-state index contributed by atoms with van der Waals surface area (Å²) >= 11 is 0. The van der Waals surface area contributed by atoms with Crippen molar-refractivity contribution in [1.29, 1.82) is 5.41 Å². The SMILES string of the molecule is CCc1nnc(N(C)CCC(=N)N)nc1CC. The molecule has 0 saturated carbocycles. The molecule has 0 bridgehead atoms. The zero-order valence-corrected chi connectivity index (χ0v) is 10.7. The van der Waals surface area contributed by atoms with Crippen LogP contribution in [-0.2, 0) is 12.8 Å². The molecule has 0 saturated heterocycles. The largest absolute Gasteiger partial charge is 0.388 e. The number of anilines is 1. The summed E-state index contributed by atoms with van der Waals surface area (Å²) in [6.07, 6.45) is 2.21. The van der Waals surface area contributed by atoms with Gasteiger partial charge in [0.1, 0.15) is 0 Å². The summed E-state index contributed by atoms with van der Waals surface area (Å²) in [4.78, 5) is 6.35. The first-order valence-corrected chi connectivity index (χ1v) is 5.85. The molecule has 6 heteroatoms. The molecule has 0 aliphatic carbocycles. The highest BCUT2D eigenvalue weighted by atomic mass is 15.3. The van der Waals surface area contributed by atoms with Gasteiger partial charge in [-0.25, -0.2) is 4.98 Å². The summed E-state index contributed by atoms with van der Waals surface area (Å²) in [6, 6.07) is 0. The third-order valence-electron chi connectivity index (χ3n) is 2.56. The fourth-order valence-electron chi connectivity index (χ4n) is 1.48. The summed E-state index contributed by atoms with van der Waals surface area (Å²) in [5.41, 5.74) is 7.27. The Morgan fingerprint density at radius 3 is 2.41 bits per heavy atom. The molecule has 0 fully saturated rings. The van der Waals surface area contributed by atoms with E-state index < -0.39 is 0 Å². The average molecular weight is 236 g/mol. The van der Waals surface area contributed by atoms with Gasteiger partial charge in [-0.3, -0.25) is 5.41 Å². The molecule has 1 aromatic heterocycles. The van der Waals surface area contributed by atoms with Gasteiger partial charge in [0.15, 0.2) is 0 Å². The normalized spacial score (nSPS) is 10.3. The number of hydrogen-bond donors (Lipinski definition) is 2. The van der Waals surface area contributed by atoms with Crippen molar-refractivity contribution in [3.63, 3.8) is 0 Å². The second-order valence-electron chi connectivity index (χ2n) is 3.91. The Kier molecular flexibility index (Phi) is 4.81. The second kappa shape index (κ2) is 6.12. The van der Waals surface area contributed by atoms with Gasteiger partial charge < -0.3 is 10.6 Å². The van der Waals surface area contributed by atoms with Gasteiger partial charge in [-0.1, -0.05) is 13.8 Å². The maximum absolute atomic E-state index is 7.19. The van der Waals surface area contributed by atoms with Crippen molar-refractivity contribution in [1.82, 2.24) is 15.2 Å². The zero-order valence-electron chi connectivity index (χ0n) is 10.7. The highest BCUT2D eigenvalue weighted by Crippen LogP contribution is 2.09. The van der Waals surface area contributed by atoms with Crippen molar-refractivity contribution >= 4 is 11.8 Å². The molecule has 0 radical (unpaired) electrons. The summed E-state index contributed by atoms with van der Waals surface area (Å²) in [5.74, 6) is 0.769. The van der Waals surface area contributed by atoms with Crippen LogP contribution < -0.4 is 10.6 Å². The van der Waals surface area contributed by atoms with Crippen LogP contribution in [0.4, 0.5) is 5.95 Å². The van der Waals surface area contributed by atoms with E-state index in [4.69, 9.17) is 11.1 Å². The Labute approximate surface area is 102 Å². The fourth-order valence-corrected chi connectivity index (χ4v) is 1.48. The smallest absolute Gasteiger partial charge is 0.245 e. The van der Waals surface area contributed by atoms with Gasteiger partial charge >= 0.3 is 0 Å². The van der Waals surface area contributed by atoms with E-state index in [1.54, 1.807) is 0 Å². The first kappa shape index (κ1) is 13.3. The summed E-state index contributed by atoms with van der Waals surface area (Å²) in [5, 5.41) is 15.5. The molecular formula is C11H20N6. The summed E-state index contributed by atoms with van der Waals surface area (Å²) < 4.78 is 0. The zero-order chi connectivity index (χ0) is 12.8.